The Kier molecular flexibility index (Phi) is 8.33. The number of hydrogen-bond acceptors (Lipinski definition) is 5. The van der Waals surface area contributed by atoms with Gasteiger partial charge in [0.2, 0.25) is 5.76 Å². The van der Waals surface area contributed by atoms with Crippen LogP contribution in [0.15, 0.2) is 40.8 Å². The first-order valence-electron chi connectivity index (χ1n) is 13.0. The number of esters is 1. The molecule has 0 radical (unpaired) electrons. The van der Waals surface area contributed by atoms with E-state index in [0.717, 1.165) is 41.5 Å². The van der Waals surface area contributed by atoms with E-state index in [4.69, 9.17) is 13.9 Å². The van der Waals surface area contributed by atoms with Crippen molar-refractivity contribution in [2.75, 3.05) is 13.2 Å². The minimum absolute atomic E-state index is 0.0711. The number of ketones is 1. The highest BCUT2D eigenvalue weighted by molar-refractivity contribution is 5.93. The van der Waals surface area contributed by atoms with E-state index in [1.54, 1.807) is 13.0 Å². The molecule has 1 aromatic heterocycles. The average molecular weight is 493 g/mol. The molecule has 0 unspecified atom stereocenters. The molecule has 0 aliphatic carbocycles. The van der Waals surface area contributed by atoms with Crippen LogP contribution in [0.25, 0.3) is 11.0 Å². The molecule has 0 N–H and O–H groups in total. The van der Waals surface area contributed by atoms with E-state index in [2.05, 4.69) is 45.0 Å². The van der Waals surface area contributed by atoms with Crippen molar-refractivity contribution in [3.63, 3.8) is 0 Å². The van der Waals surface area contributed by atoms with E-state index < -0.39 is 11.4 Å². The lowest BCUT2D eigenvalue weighted by molar-refractivity contribution is -0.128. The van der Waals surface area contributed by atoms with Crippen molar-refractivity contribution >= 4 is 22.7 Å². The summed E-state index contributed by atoms with van der Waals surface area (Å²) < 4.78 is 17.0. The van der Waals surface area contributed by atoms with Gasteiger partial charge in [-0.05, 0) is 73.6 Å². The molecule has 0 spiro atoms. The largest absolute Gasteiger partial charge is 0.486 e. The summed E-state index contributed by atoms with van der Waals surface area (Å²) in [6.45, 7) is 16.4. The third-order valence-corrected chi connectivity index (χ3v) is 7.23. The monoisotopic (exact) mass is 492 g/mol. The fraction of sp³-hybridized carbons (Fsp3) is 0.484. The van der Waals surface area contributed by atoms with Crippen LogP contribution in [0.1, 0.15) is 94.1 Å². The molecule has 3 aromatic rings. The Balaban J connectivity index is 2.04. The van der Waals surface area contributed by atoms with E-state index in [-0.39, 0.29) is 23.6 Å². The fourth-order valence-corrected chi connectivity index (χ4v) is 4.79. The molecule has 1 heterocycles. The highest BCUT2D eigenvalue weighted by Gasteiger charge is 2.32. The van der Waals surface area contributed by atoms with Gasteiger partial charge in [-0.1, -0.05) is 59.7 Å². The average Bonchev–Trinajstić information content (AvgIpc) is 3.29. The fourth-order valence-electron chi connectivity index (χ4n) is 4.79. The van der Waals surface area contributed by atoms with Crippen molar-refractivity contribution in [1.29, 1.82) is 0 Å². The van der Waals surface area contributed by atoms with Crippen LogP contribution in [-0.4, -0.2) is 25.0 Å². The molecule has 0 aliphatic rings. The van der Waals surface area contributed by atoms with Crippen LogP contribution < -0.4 is 4.74 Å². The highest BCUT2D eigenvalue weighted by atomic mass is 16.5. The normalized spacial score (nSPS) is 12.1. The summed E-state index contributed by atoms with van der Waals surface area (Å²) in [6, 6.07) is 12.4. The molecule has 194 valence electrons. The number of ether oxygens (including phenoxy) is 2. The van der Waals surface area contributed by atoms with Crippen LogP contribution in [0.5, 0.6) is 5.75 Å². The number of carbonyl (C=O) groups excluding carboxylic acids is 2. The van der Waals surface area contributed by atoms with E-state index in [1.807, 2.05) is 33.8 Å². The lowest BCUT2D eigenvalue weighted by Crippen LogP contribution is -2.27. The molecule has 0 bridgehead atoms. The van der Waals surface area contributed by atoms with Gasteiger partial charge in [-0.3, -0.25) is 4.79 Å². The van der Waals surface area contributed by atoms with Gasteiger partial charge in [0.1, 0.15) is 17.9 Å². The maximum atomic E-state index is 12.4. The van der Waals surface area contributed by atoms with Crippen molar-refractivity contribution in [1.82, 2.24) is 0 Å². The summed E-state index contributed by atoms with van der Waals surface area (Å²) in [7, 11) is 0. The minimum atomic E-state index is -0.444. The summed E-state index contributed by atoms with van der Waals surface area (Å²) in [4.78, 5) is 24.6. The van der Waals surface area contributed by atoms with Gasteiger partial charge in [0.25, 0.3) is 0 Å². The van der Waals surface area contributed by atoms with Crippen molar-refractivity contribution < 1.29 is 23.5 Å². The molecule has 2 aromatic carbocycles. The third-order valence-electron chi connectivity index (χ3n) is 7.23. The van der Waals surface area contributed by atoms with Gasteiger partial charge in [0.05, 0.1) is 6.61 Å². The number of furan rings is 1. The van der Waals surface area contributed by atoms with Crippen LogP contribution >= 0.6 is 0 Å². The maximum Gasteiger partial charge on any atom is 0.374 e. The molecule has 0 saturated heterocycles. The molecule has 5 nitrogen and oxygen atoms in total. The lowest BCUT2D eigenvalue weighted by atomic mass is 9.69. The van der Waals surface area contributed by atoms with Crippen molar-refractivity contribution in [2.45, 2.75) is 80.1 Å². The molecular weight excluding hydrogens is 452 g/mol. The van der Waals surface area contributed by atoms with Crippen LogP contribution in [0.3, 0.4) is 0 Å². The lowest BCUT2D eigenvalue weighted by Gasteiger charge is -2.34. The smallest absolute Gasteiger partial charge is 0.374 e. The first-order chi connectivity index (χ1) is 17.0. The first kappa shape index (κ1) is 27.5. The number of aryl methyl sites for hydroxylation is 2. The third kappa shape index (κ3) is 5.35. The van der Waals surface area contributed by atoms with E-state index in [9.17, 15) is 9.59 Å². The van der Waals surface area contributed by atoms with Crippen molar-refractivity contribution in [2.24, 2.45) is 5.41 Å². The van der Waals surface area contributed by atoms with Crippen molar-refractivity contribution in [3.8, 4) is 5.75 Å². The zero-order valence-electron chi connectivity index (χ0n) is 23.0. The van der Waals surface area contributed by atoms with Gasteiger partial charge in [-0.25, -0.2) is 4.79 Å². The molecule has 36 heavy (non-hydrogen) atoms. The van der Waals surface area contributed by atoms with Gasteiger partial charge in [-0.15, -0.1) is 0 Å². The number of Topliss-reactive ketones (excluding diaryl/α,β-unsaturated/α-hetero) is 1. The van der Waals surface area contributed by atoms with E-state index >= 15 is 0 Å². The molecule has 3 rings (SSSR count). The molecule has 0 atom stereocenters. The first-order valence-corrected chi connectivity index (χ1v) is 13.0. The Morgan fingerprint density at radius 2 is 1.61 bits per heavy atom. The van der Waals surface area contributed by atoms with Crippen molar-refractivity contribution in [3.05, 3.63) is 64.4 Å². The standard InChI is InChI=1S/C31H40O5/c1-9-21-16-23(13-14-25(21)35-19-27(32)30(6,7)8)31(10-2,11-3)24-15-20(5)28-22(17-24)18-26(36-28)29(33)34-12-4/h13-18H,9-12,19H2,1-8H3. The van der Waals surface area contributed by atoms with Gasteiger partial charge in [0, 0.05) is 16.2 Å². The Morgan fingerprint density at radius 1 is 0.917 bits per heavy atom. The summed E-state index contributed by atoms with van der Waals surface area (Å²) in [5.41, 5.74) is 4.54. The summed E-state index contributed by atoms with van der Waals surface area (Å²) in [5, 5.41) is 0.899. The summed E-state index contributed by atoms with van der Waals surface area (Å²) in [5.74, 6) is 0.627. The Labute approximate surface area is 215 Å². The number of rotatable bonds is 10. The number of fused-ring (bicyclic) bond motifs is 1. The van der Waals surface area contributed by atoms with Crippen LogP contribution in [0.2, 0.25) is 0 Å². The molecule has 5 heteroatoms. The van der Waals surface area contributed by atoms with Gasteiger partial charge >= 0.3 is 5.97 Å². The molecule has 0 aliphatic heterocycles. The van der Waals surface area contributed by atoms with Gasteiger partial charge < -0.3 is 13.9 Å². The zero-order chi connectivity index (χ0) is 26.7. The number of carbonyl (C=O) groups is 2. The molecular formula is C31H40O5. The molecule has 0 fully saturated rings. The summed E-state index contributed by atoms with van der Waals surface area (Å²) in [6.07, 6.45) is 2.62. The second kappa shape index (κ2) is 10.9. The summed E-state index contributed by atoms with van der Waals surface area (Å²) >= 11 is 0. The molecule has 0 amide bonds. The Bertz CT molecular complexity index is 1240. The van der Waals surface area contributed by atoms with Crippen LogP contribution in [0, 0.1) is 12.3 Å². The van der Waals surface area contributed by atoms with E-state index in [0.29, 0.717) is 12.2 Å². The highest BCUT2D eigenvalue weighted by Crippen LogP contribution is 2.42. The van der Waals surface area contributed by atoms with Crippen LogP contribution in [0.4, 0.5) is 0 Å². The predicted octanol–water partition coefficient (Wildman–Crippen LogP) is 7.58. The maximum absolute atomic E-state index is 12.4. The molecule has 0 saturated carbocycles. The van der Waals surface area contributed by atoms with Crippen LogP contribution in [-0.2, 0) is 21.4 Å². The number of hydrogen-bond donors (Lipinski definition) is 0. The second-order valence-electron chi connectivity index (χ2n) is 10.5. The second-order valence-corrected chi connectivity index (χ2v) is 10.5. The minimum Gasteiger partial charge on any atom is -0.486 e. The van der Waals surface area contributed by atoms with E-state index in [1.165, 1.54) is 11.1 Å². The van der Waals surface area contributed by atoms with Gasteiger partial charge in [0.15, 0.2) is 5.78 Å². The Hall–Kier alpha value is -3.08. The SMILES string of the molecule is CCOC(=O)c1cc2cc(C(CC)(CC)c3ccc(OCC(=O)C(C)(C)C)c(CC)c3)cc(C)c2o1. The quantitative estimate of drug-likeness (QED) is 0.273. The predicted molar refractivity (Wildman–Crippen MR) is 144 cm³/mol. The Morgan fingerprint density at radius 3 is 2.19 bits per heavy atom. The number of benzene rings is 2. The zero-order valence-corrected chi connectivity index (χ0v) is 23.0. The topological polar surface area (TPSA) is 65.7 Å². The van der Waals surface area contributed by atoms with Gasteiger partial charge in [-0.2, -0.15) is 0 Å².